The molecule has 1 fully saturated rings. The van der Waals surface area contributed by atoms with Gasteiger partial charge >= 0.3 is 0 Å². The molecule has 2 aromatic heterocycles. The molecule has 8 heteroatoms. The number of halogens is 1. The molecule has 32 heavy (non-hydrogen) atoms. The number of carbonyl (C=O) groups excluding carboxylic acids is 1. The molecule has 0 saturated carbocycles. The minimum absolute atomic E-state index is 0.0654. The lowest BCUT2D eigenvalue weighted by Gasteiger charge is -2.26. The second-order valence-corrected chi connectivity index (χ2v) is 7.57. The minimum atomic E-state index is -0.343. The van der Waals surface area contributed by atoms with E-state index in [0.29, 0.717) is 60.0 Å². The van der Waals surface area contributed by atoms with Crippen molar-refractivity contribution in [3.63, 3.8) is 0 Å². The summed E-state index contributed by atoms with van der Waals surface area (Å²) in [5.41, 5.74) is 2.95. The molecule has 1 saturated heterocycles. The monoisotopic (exact) mass is 432 g/mol. The summed E-state index contributed by atoms with van der Waals surface area (Å²) < 4.78 is 21.2. The van der Waals surface area contributed by atoms with Crippen molar-refractivity contribution in [2.45, 2.75) is 6.61 Å². The minimum Gasteiger partial charge on any atom is -0.392 e. The van der Waals surface area contributed by atoms with E-state index in [2.05, 4.69) is 9.97 Å². The van der Waals surface area contributed by atoms with Crippen LogP contribution in [0.25, 0.3) is 28.0 Å². The molecular formula is C24H21FN4O3. The maximum atomic E-state index is 14.1. The zero-order valence-corrected chi connectivity index (χ0v) is 17.2. The Morgan fingerprint density at radius 2 is 1.84 bits per heavy atom. The number of fused-ring (bicyclic) bond motifs is 1. The molecule has 0 spiro atoms. The topological polar surface area (TPSA) is 80.5 Å². The van der Waals surface area contributed by atoms with Crippen LogP contribution in [0.5, 0.6) is 0 Å². The van der Waals surface area contributed by atoms with Crippen molar-refractivity contribution in [1.29, 1.82) is 0 Å². The van der Waals surface area contributed by atoms with E-state index in [9.17, 15) is 14.3 Å². The Morgan fingerprint density at radius 1 is 1.09 bits per heavy atom. The molecule has 1 aliphatic heterocycles. The maximum Gasteiger partial charge on any atom is 0.254 e. The van der Waals surface area contributed by atoms with Gasteiger partial charge in [0, 0.05) is 59.3 Å². The first kappa shape index (κ1) is 20.3. The highest BCUT2D eigenvalue weighted by molar-refractivity contribution is 5.99. The number of hydrogen-bond acceptors (Lipinski definition) is 5. The number of carbonyl (C=O) groups is 1. The van der Waals surface area contributed by atoms with E-state index >= 15 is 0 Å². The maximum absolute atomic E-state index is 14.1. The van der Waals surface area contributed by atoms with Crippen LogP contribution >= 0.6 is 0 Å². The van der Waals surface area contributed by atoms with Crippen LogP contribution in [0.1, 0.15) is 15.9 Å². The van der Waals surface area contributed by atoms with Crippen molar-refractivity contribution >= 4 is 16.8 Å². The first-order valence-electron chi connectivity index (χ1n) is 10.3. The van der Waals surface area contributed by atoms with E-state index in [-0.39, 0.29) is 18.3 Å². The lowest BCUT2D eigenvalue weighted by atomic mass is 10.1. The van der Waals surface area contributed by atoms with Gasteiger partial charge in [0.1, 0.15) is 5.82 Å². The van der Waals surface area contributed by atoms with Crippen LogP contribution in [0.4, 0.5) is 4.39 Å². The van der Waals surface area contributed by atoms with Crippen LogP contribution in [0.15, 0.2) is 61.1 Å². The molecule has 2 aromatic carbocycles. The van der Waals surface area contributed by atoms with Crippen molar-refractivity contribution in [2.24, 2.45) is 0 Å². The van der Waals surface area contributed by atoms with E-state index in [4.69, 9.17) is 4.74 Å². The van der Waals surface area contributed by atoms with Gasteiger partial charge in [-0.05, 0) is 18.2 Å². The molecular weight excluding hydrogens is 411 g/mol. The number of ether oxygens (including phenoxy) is 1. The van der Waals surface area contributed by atoms with Crippen molar-refractivity contribution in [2.75, 3.05) is 26.3 Å². The number of aliphatic hydroxyl groups excluding tert-OH is 1. The highest BCUT2D eigenvalue weighted by atomic mass is 19.1. The van der Waals surface area contributed by atoms with Crippen LogP contribution in [0, 0.1) is 5.82 Å². The molecule has 1 N–H and O–H groups in total. The van der Waals surface area contributed by atoms with E-state index in [1.807, 2.05) is 6.07 Å². The van der Waals surface area contributed by atoms with Crippen LogP contribution < -0.4 is 0 Å². The van der Waals surface area contributed by atoms with Gasteiger partial charge in [0.15, 0.2) is 0 Å². The smallest absolute Gasteiger partial charge is 0.254 e. The molecule has 3 heterocycles. The molecule has 0 unspecified atom stereocenters. The molecule has 0 radical (unpaired) electrons. The fourth-order valence-electron chi connectivity index (χ4n) is 3.95. The van der Waals surface area contributed by atoms with Crippen LogP contribution in [-0.2, 0) is 11.3 Å². The molecule has 0 atom stereocenters. The van der Waals surface area contributed by atoms with Gasteiger partial charge in [-0.2, -0.15) is 0 Å². The average Bonchev–Trinajstić information content (AvgIpc) is 3.22. The summed E-state index contributed by atoms with van der Waals surface area (Å²) in [6.45, 7) is 2.01. The van der Waals surface area contributed by atoms with Crippen molar-refractivity contribution in [3.05, 3.63) is 78.0 Å². The summed E-state index contributed by atoms with van der Waals surface area (Å²) in [7, 11) is 0. The second kappa shape index (κ2) is 8.49. The van der Waals surface area contributed by atoms with Gasteiger partial charge in [-0.25, -0.2) is 14.4 Å². The molecule has 5 rings (SSSR count). The van der Waals surface area contributed by atoms with E-state index in [1.54, 1.807) is 58.4 Å². The third-order valence-electron chi connectivity index (χ3n) is 5.64. The van der Waals surface area contributed by atoms with Crippen molar-refractivity contribution in [3.8, 4) is 17.1 Å². The number of aliphatic hydroxyl groups is 1. The Kier molecular flexibility index (Phi) is 5.38. The Hall–Kier alpha value is -3.62. The van der Waals surface area contributed by atoms with Crippen molar-refractivity contribution < 1.29 is 19.0 Å². The highest BCUT2D eigenvalue weighted by Gasteiger charge is 2.20. The van der Waals surface area contributed by atoms with E-state index in [1.165, 1.54) is 6.07 Å². The van der Waals surface area contributed by atoms with E-state index < -0.39 is 0 Å². The van der Waals surface area contributed by atoms with Gasteiger partial charge in [0.25, 0.3) is 5.91 Å². The lowest BCUT2D eigenvalue weighted by molar-refractivity contribution is 0.0303. The number of benzene rings is 2. The fraction of sp³-hybridized carbons (Fsp3) is 0.208. The highest BCUT2D eigenvalue weighted by Crippen LogP contribution is 2.27. The summed E-state index contributed by atoms with van der Waals surface area (Å²) >= 11 is 0. The van der Waals surface area contributed by atoms with Gasteiger partial charge in [0.05, 0.1) is 25.3 Å². The molecule has 1 amide bonds. The standard InChI is InChI=1S/C24H21FN4O3/c25-21-4-2-1-3-19(21)17-12-26-24(27-13-17)29-14-18(15-30)20-6-5-16(11-22(20)29)23(31)28-7-9-32-10-8-28/h1-6,11-14,30H,7-10,15H2. The number of rotatable bonds is 4. The molecule has 7 nitrogen and oxygen atoms in total. The zero-order valence-electron chi connectivity index (χ0n) is 17.2. The Labute approximate surface area is 183 Å². The Morgan fingerprint density at radius 3 is 2.56 bits per heavy atom. The fourth-order valence-corrected chi connectivity index (χ4v) is 3.95. The van der Waals surface area contributed by atoms with E-state index in [0.717, 1.165) is 5.39 Å². The third-order valence-corrected chi connectivity index (χ3v) is 5.64. The lowest BCUT2D eigenvalue weighted by Crippen LogP contribution is -2.40. The largest absolute Gasteiger partial charge is 0.392 e. The first-order chi connectivity index (χ1) is 15.7. The van der Waals surface area contributed by atoms with Crippen LogP contribution in [-0.4, -0.2) is 56.8 Å². The number of nitrogens with zero attached hydrogens (tertiary/aromatic N) is 4. The van der Waals surface area contributed by atoms with Gasteiger partial charge in [-0.15, -0.1) is 0 Å². The SMILES string of the molecule is O=C(c1ccc2c(CO)cn(-c3ncc(-c4ccccc4F)cn3)c2c1)N1CCOCC1. The van der Waals surface area contributed by atoms with Gasteiger partial charge < -0.3 is 14.7 Å². The number of hydrogen-bond donors (Lipinski definition) is 1. The molecule has 4 aromatic rings. The third kappa shape index (κ3) is 3.63. The summed E-state index contributed by atoms with van der Waals surface area (Å²) in [6.07, 6.45) is 4.88. The normalized spacial score (nSPS) is 14.1. The van der Waals surface area contributed by atoms with Gasteiger partial charge in [-0.1, -0.05) is 24.3 Å². The molecule has 0 bridgehead atoms. The Bertz CT molecular complexity index is 1280. The van der Waals surface area contributed by atoms with Crippen molar-refractivity contribution in [1.82, 2.24) is 19.4 Å². The summed E-state index contributed by atoms with van der Waals surface area (Å²) in [5, 5.41) is 10.6. The zero-order chi connectivity index (χ0) is 22.1. The predicted octanol–water partition coefficient (Wildman–Crippen LogP) is 3.19. The second-order valence-electron chi connectivity index (χ2n) is 7.57. The summed E-state index contributed by atoms with van der Waals surface area (Å²) in [5.74, 6) is -0.0424. The average molecular weight is 432 g/mol. The molecule has 0 aliphatic carbocycles. The number of amides is 1. The summed E-state index contributed by atoms with van der Waals surface area (Å²) in [6, 6.07) is 11.8. The van der Waals surface area contributed by atoms with Gasteiger partial charge in [-0.3, -0.25) is 9.36 Å². The first-order valence-corrected chi connectivity index (χ1v) is 10.3. The van der Waals surface area contributed by atoms with Crippen LogP contribution in [0.3, 0.4) is 0 Å². The molecule has 162 valence electrons. The summed E-state index contributed by atoms with van der Waals surface area (Å²) in [4.78, 5) is 23.6. The number of morpholine rings is 1. The van der Waals surface area contributed by atoms with Gasteiger partial charge in [0.2, 0.25) is 5.95 Å². The quantitative estimate of drug-likeness (QED) is 0.536. The predicted molar refractivity (Wildman–Crippen MR) is 117 cm³/mol. The Balaban J connectivity index is 1.54. The van der Waals surface area contributed by atoms with Crippen LogP contribution in [0.2, 0.25) is 0 Å². The number of aromatic nitrogens is 3. The molecule has 1 aliphatic rings.